The number of nitrogens with one attached hydrogen (secondary N) is 1. The Morgan fingerprint density at radius 1 is 1.07 bits per heavy atom. The van der Waals surface area contributed by atoms with Crippen molar-refractivity contribution < 1.29 is 17.9 Å². The van der Waals surface area contributed by atoms with E-state index in [2.05, 4.69) is 5.32 Å². The Bertz CT molecular complexity index is 874. The van der Waals surface area contributed by atoms with Crippen molar-refractivity contribution in [2.75, 3.05) is 26.2 Å². The first-order valence-corrected chi connectivity index (χ1v) is 11.0. The summed E-state index contributed by atoms with van der Waals surface area (Å²) in [4.78, 5) is 12.6. The van der Waals surface area contributed by atoms with Gasteiger partial charge in [-0.25, -0.2) is 8.42 Å². The molecule has 1 N–H and O–H groups in total. The van der Waals surface area contributed by atoms with Crippen LogP contribution >= 0.6 is 0 Å². The van der Waals surface area contributed by atoms with E-state index in [1.54, 1.807) is 54.6 Å². The van der Waals surface area contributed by atoms with Crippen molar-refractivity contribution in [1.29, 1.82) is 0 Å². The fourth-order valence-electron chi connectivity index (χ4n) is 3.30. The SMILES string of the molecule is CCOc1ccc(C(=O)NCC2CCN(S(=O)(=O)c3ccccc3)CC2)cc1. The van der Waals surface area contributed by atoms with Crippen molar-refractivity contribution in [3.05, 3.63) is 60.2 Å². The monoisotopic (exact) mass is 402 g/mol. The molecule has 1 saturated heterocycles. The quantitative estimate of drug-likeness (QED) is 0.773. The van der Waals surface area contributed by atoms with Gasteiger partial charge in [0.25, 0.3) is 5.91 Å². The molecule has 1 aliphatic rings. The van der Waals surface area contributed by atoms with Crippen LogP contribution in [0, 0.1) is 5.92 Å². The van der Waals surface area contributed by atoms with Crippen molar-refractivity contribution in [1.82, 2.24) is 9.62 Å². The maximum absolute atomic E-state index is 12.7. The van der Waals surface area contributed by atoms with Gasteiger partial charge in [-0.1, -0.05) is 18.2 Å². The Morgan fingerprint density at radius 2 is 1.71 bits per heavy atom. The molecule has 1 amide bonds. The van der Waals surface area contributed by atoms with Crippen molar-refractivity contribution >= 4 is 15.9 Å². The van der Waals surface area contributed by atoms with Crippen LogP contribution in [-0.2, 0) is 10.0 Å². The summed E-state index contributed by atoms with van der Waals surface area (Å²) in [5.74, 6) is 0.891. The Balaban J connectivity index is 1.48. The van der Waals surface area contributed by atoms with E-state index in [9.17, 15) is 13.2 Å². The minimum Gasteiger partial charge on any atom is -0.494 e. The van der Waals surface area contributed by atoms with E-state index < -0.39 is 10.0 Å². The normalized spacial score (nSPS) is 15.9. The van der Waals surface area contributed by atoms with Crippen LogP contribution in [-0.4, -0.2) is 44.9 Å². The third kappa shape index (κ3) is 4.91. The average molecular weight is 403 g/mol. The third-order valence-corrected chi connectivity index (χ3v) is 6.85. The highest BCUT2D eigenvalue weighted by atomic mass is 32.2. The molecule has 1 aliphatic heterocycles. The lowest BCUT2D eigenvalue weighted by molar-refractivity contribution is 0.0941. The summed E-state index contributed by atoms with van der Waals surface area (Å²) in [6, 6.07) is 15.6. The molecule has 7 heteroatoms. The largest absolute Gasteiger partial charge is 0.494 e. The van der Waals surface area contributed by atoms with Crippen LogP contribution in [0.2, 0.25) is 0 Å². The maximum Gasteiger partial charge on any atom is 0.251 e. The van der Waals surface area contributed by atoms with Gasteiger partial charge in [0.2, 0.25) is 10.0 Å². The average Bonchev–Trinajstić information content (AvgIpc) is 2.74. The molecule has 150 valence electrons. The summed E-state index contributed by atoms with van der Waals surface area (Å²) < 4.78 is 32.2. The number of amides is 1. The predicted molar refractivity (Wildman–Crippen MR) is 108 cm³/mol. The lowest BCUT2D eigenvalue weighted by Gasteiger charge is -2.31. The number of benzene rings is 2. The molecule has 0 aromatic heterocycles. The summed E-state index contributed by atoms with van der Waals surface area (Å²) >= 11 is 0. The lowest BCUT2D eigenvalue weighted by Crippen LogP contribution is -2.41. The topological polar surface area (TPSA) is 75.7 Å². The molecule has 2 aromatic carbocycles. The molecular formula is C21H26N2O4S. The van der Waals surface area contributed by atoms with Crippen molar-refractivity contribution in [2.24, 2.45) is 5.92 Å². The van der Waals surface area contributed by atoms with Gasteiger partial charge in [-0.3, -0.25) is 4.79 Å². The summed E-state index contributed by atoms with van der Waals surface area (Å²) in [5, 5.41) is 2.96. The zero-order valence-corrected chi connectivity index (χ0v) is 16.8. The number of carbonyl (C=O) groups excluding carboxylic acids is 1. The van der Waals surface area contributed by atoms with Crippen LogP contribution in [0.4, 0.5) is 0 Å². The van der Waals surface area contributed by atoms with Gasteiger partial charge in [0, 0.05) is 25.2 Å². The highest BCUT2D eigenvalue weighted by Gasteiger charge is 2.29. The van der Waals surface area contributed by atoms with Gasteiger partial charge in [0.05, 0.1) is 11.5 Å². The first-order valence-electron chi connectivity index (χ1n) is 9.57. The van der Waals surface area contributed by atoms with Crippen LogP contribution < -0.4 is 10.1 Å². The van der Waals surface area contributed by atoms with E-state index in [-0.39, 0.29) is 11.8 Å². The van der Waals surface area contributed by atoms with Crippen molar-refractivity contribution in [2.45, 2.75) is 24.7 Å². The molecule has 0 bridgehead atoms. The molecule has 0 radical (unpaired) electrons. The number of piperidine rings is 1. The molecule has 3 rings (SSSR count). The number of hydrogen-bond acceptors (Lipinski definition) is 4. The minimum atomic E-state index is -3.43. The van der Waals surface area contributed by atoms with Crippen LogP contribution in [0.15, 0.2) is 59.5 Å². The van der Waals surface area contributed by atoms with Crippen LogP contribution in [0.1, 0.15) is 30.1 Å². The minimum absolute atomic E-state index is 0.123. The molecule has 1 fully saturated rings. The Kier molecular flexibility index (Phi) is 6.70. The molecule has 6 nitrogen and oxygen atoms in total. The first-order chi connectivity index (χ1) is 13.5. The first kappa shape index (κ1) is 20.4. The van der Waals surface area contributed by atoms with E-state index in [1.165, 1.54) is 4.31 Å². The molecule has 0 spiro atoms. The van der Waals surface area contributed by atoms with Gasteiger partial charge in [-0.2, -0.15) is 4.31 Å². The van der Waals surface area contributed by atoms with E-state index in [0.717, 1.165) is 18.6 Å². The fourth-order valence-corrected chi connectivity index (χ4v) is 4.79. The zero-order valence-electron chi connectivity index (χ0n) is 16.0. The number of nitrogens with zero attached hydrogens (tertiary/aromatic N) is 1. The van der Waals surface area contributed by atoms with Crippen molar-refractivity contribution in [3.63, 3.8) is 0 Å². The van der Waals surface area contributed by atoms with Crippen molar-refractivity contribution in [3.8, 4) is 5.75 Å². The molecule has 0 atom stereocenters. The smallest absolute Gasteiger partial charge is 0.251 e. The van der Waals surface area contributed by atoms with E-state index in [0.29, 0.717) is 36.7 Å². The number of rotatable bonds is 7. The molecule has 1 heterocycles. The lowest BCUT2D eigenvalue weighted by atomic mass is 9.98. The second kappa shape index (κ2) is 9.21. The Morgan fingerprint density at radius 3 is 2.32 bits per heavy atom. The summed E-state index contributed by atoms with van der Waals surface area (Å²) in [6.45, 7) is 3.99. The van der Waals surface area contributed by atoms with Gasteiger partial charge < -0.3 is 10.1 Å². The molecule has 0 unspecified atom stereocenters. The third-order valence-electron chi connectivity index (χ3n) is 4.93. The van der Waals surface area contributed by atoms with Crippen LogP contribution in [0.5, 0.6) is 5.75 Å². The zero-order chi connectivity index (χ0) is 20.0. The van der Waals surface area contributed by atoms with Gasteiger partial charge in [-0.05, 0) is 62.1 Å². The van der Waals surface area contributed by atoms with Gasteiger partial charge in [0.1, 0.15) is 5.75 Å². The molecular weight excluding hydrogens is 376 g/mol. The standard InChI is InChI=1S/C21H26N2O4S/c1-2-27-19-10-8-18(9-11-19)21(24)22-16-17-12-14-23(15-13-17)28(25,26)20-6-4-3-5-7-20/h3-11,17H,2,12-16H2,1H3,(H,22,24). The summed E-state index contributed by atoms with van der Waals surface area (Å²) in [7, 11) is -3.43. The second-order valence-corrected chi connectivity index (χ2v) is 8.77. The van der Waals surface area contributed by atoms with Gasteiger partial charge >= 0.3 is 0 Å². The number of ether oxygens (including phenoxy) is 1. The number of sulfonamides is 1. The number of carbonyl (C=O) groups is 1. The fraction of sp³-hybridized carbons (Fsp3) is 0.381. The predicted octanol–water partition coefficient (Wildman–Crippen LogP) is 2.92. The summed E-state index contributed by atoms with van der Waals surface area (Å²) in [5.41, 5.74) is 0.590. The second-order valence-electron chi connectivity index (χ2n) is 6.83. The maximum atomic E-state index is 12.7. The highest BCUT2D eigenvalue weighted by Crippen LogP contribution is 2.23. The van der Waals surface area contributed by atoms with Crippen LogP contribution in [0.3, 0.4) is 0 Å². The Hall–Kier alpha value is -2.38. The highest BCUT2D eigenvalue weighted by molar-refractivity contribution is 7.89. The van der Waals surface area contributed by atoms with E-state index in [4.69, 9.17) is 4.74 Å². The summed E-state index contributed by atoms with van der Waals surface area (Å²) in [6.07, 6.45) is 1.46. The van der Waals surface area contributed by atoms with Crippen LogP contribution in [0.25, 0.3) is 0 Å². The Labute approximate surface area is 166 Å². The molecule has 0 aliphatic carbocycles. The number of hydrogen-bond donors (Lipinski definition) is 1. The van der Waals surface area contributed by atoms with E-state index >= 15 is 0 Å². The van der Waals surface area contributed by atoms with Gasteiger partial charge in [0.15, 0.2) is 0 Å². The molecule has 28 heavy (non-hydrogen) atoms. The molecule has 2 aromatic rings. The molecule has 0 saturated carbocycles. The van der Waals surface area contributed by atoms with Gasteiger partial charge in [-0.15, -0.1) is 0 Å². The van der Waals surface area contributed by atoms with E-state index in [1.807, 2.05) is 6.92 Å².